The molecule has 2 heterocycles. The molecule has 2 N–H and O–H groups in total. The number of H-pyrrole nitrogens is 1. The highest BCUT2D eigenvalue weighted by Crippen LogP contribution is 2.33. The summed E-state index contributed by atoms with van der Waals surface area (Å²) in [6.45, 7) is 2.30. The van der Waals surface area contributed by atoms with Gasteiger partial charge in [0.25, 0.3) is 0 Å². The Balaban J connectivity index is 1.65. The zero-order valence-corrected chi connectivity index (χ0v) is 15.6. The maximum Gasteiger partial charge on any atom is 0.176 e. The van der Waals surface area contributed by atoms with Gasteiger partial charge >= 0.3 is 0 Å². The smallest absolute Gasteiger partial charge is 0.176 e. The summed E-state index contributed by atoms with van der Waals surface area (Å²) in [6.07, 6.45) is 2.38. The summed E-state index contributed by atoms with van der Waals surface area (Å²) in [5.41, 5.74) is 7.42. The maximum atomic E-state index is 11.9. The van der Waals surface area contributed by atoms with Gasteiger partial charge in [-0.2, -0.15) is 5.10 Å². The second-order valence-electron chi connectivity index (χ2n) is 7.26. The van der Waals surface area contributed by atoms with Crippen LogP contribution in [0.25, 0.3) is 22.6 Å². The number of hydrogen-bond donors (Lipinski definition) is 2. The minimum atomic E-state index is 0.0432. The van der Waals surface area contributed by atoms with Gasteiger partial charge in [-0.3, -0.25) is 10.2 Å². The van der Waals surface area contributed by atoms with E-state index in [-0.39, 0.29) is 5.78 Å². The molecule has 28 heavy (non-hydrogen) atoms. The van der Waals surface area contributed by atoms with Gasteiger partial charge < -0.3 is 9.88 Å². The van der Waals surface area contributed by atoms with Crippen LogP contribution in [0.3, 0.4) is 0 Å². The van der Waals surface area contributed by atoms with E-state index in [1.54, 1.807) is 6.92 Å². The Morgan fingerprint density at radius 2 is 1.86 bits per heavy atom. The molecule has 1 aromatic heterocycles. The number of imidazole rings is 1. The first-order valence-corrected chi connectivity index (χ1v) is 9.55. The Morgan fingerprint density at radius 3 is 2.61 bits per heavy atom. The van der Waals surface area contributed by atoms with E-state index in [4.69, 9.17) is 4.98 Å². The van der Waals surface area contributed by atoms with Crippen molar-refractivity contribution in [3.05, 3.63) is 65.9 Å². The molecule has 5 rings (SSSR count). The van der Waals surface area contributed by atoms with Gasteiger partial charge in [0.05, 0.1) is 0 Å². The van der Waals surface area contributed by atoms with Gasteiger partial charge in [0, 0.05) is 22.7 Å². The van der Waals surface area contributed by atoms with Gasteiger partial charge in [-0.15, -0.1) is 0 Å². The number of Topliss-reactive ketones (excluding diaryl/α,β-unsaturated/α-hetero) is 1. The number of ketones is 1. The lowest BCUT2D eigenvalue weighted by Gasteiger charge is -2.18. The van der Waals surface area contributed by atoms with E-state index in [1.807, 2.05) is 54.6 Å². The third-order valence-corrected chi connectivity index (χ3v) is 5.20. The Bertz CT molecular complexity index is 1070. The van der Waals surface area contributed by atoms with Gasteiger partial charge in [-0.1, -0.05) is 48.5 Å². The Kier molecular flexibility index (Phi) is 3.97. The van der Waals surface area contributed by atoms with Crippen LogP contribution in [0, 0.1) is 0 Å². The molecular weight excluding hydrogens is 350 g/mol. The highest BCUT2D eigenvalue weighted by Gasteiger charge is 2.36. The van der Waals surface area contributed by atoms with Crippen molar-refractivity contribution in [2.24, 2.45) is 5.10 Å². The van der Waals surface area contributed by atoms with Crippen molar-refractivity contribution in [3.8, 4) is 22.6 Å². The van der Waals surface area contributed by atoms with Gasteiger partial charge in [0.15, 0.2) is 11.6 Å². The zero-order valence-electron chi connectivity index (χ0n) is 15.6. The van der Waals surface area contributed by atoms with Crippen LogP contribution in [-0.4, -0.2) is 39.2 Å². The van der Waals surface area contributed by atoms with Crippen molar-refractivity contribution in [3.63, 3.8) is 0 Å². The molecule has 0 spiro atoms. The fourth-order valence-electron chi connectivity index (χ4n) is 3.58. The average Bonchev–Trinajstić information content (AvgIpc) is 3.28. The fourth-order valence-corrected chi connectivity index (χ4v) is 3.58. The van der Waals surface area contributed by atoms with Crippen LogP contribution in [0.4, 0.5) is 0 Å². The Hall–Kier alpha value is -3.41. The molecule has 1 aliphatic carbocycles. The molecule has 1 fully saturated rings. The molecule has 0 amide bonds. The molecule has 0 unspecified atom stereocenters. The number of carbonyl (C=O) groups excluding carboxylic acids is 1. The highest BCUT2D eigenvalue weighted by molar-refractivity contribution is 6.04. The van der Waals surface area contributed by atoms with E-state index in [0.717, 1.165) is 34.2 Å². The SMILES string of the molecule is CC(=O)c1cccc(-c2nc(-c3ccccc3)[nH]c2C2=NNCN2C2CC2)c1. The second-order valence-corrected chi connectivity index (χ2v) is 7.26. The quantitative estimate of drug-likeness (QED) is 0.672. The van der Waals surface area contributed by atoms with Crippen LogP contribution in [0.2, 0.25) is 0 Å². The molecule has 140 valence electrons. The molecule has 1 saturated carbocycles. The molecular formula is C22H21N5O. The molecule has 2 aliphatic rings. The van der Waals surface area contributed by atoms with Crippen LogP contribution in [0.15, 0.2) is 59.7 Å². The summed E-state index contributed by atoms with van der Waals surface area (Å²) in [5, 5.41) is 4.55. The normalized spacial score (nSPS) is 16.0. The number of hydrogen-bond acceptors (Lipinski definition) is 5. The Morgan fingerprint density at radius 1 is 1.07 bits per heavy atom. The van der Waals surface area contributed by atoms with E-state index in [1.165, 1.54) is 12.8 Å². The number of carbonyl (C=O) groups is 1. The fraction of sp³-hybridized carbons (Fsp3) is 0.227. The van der Waals surface area contributed by atoms with Gasteiger partial charge in [0.1, 0.15) is 23.9 Å². The van der Waals surface area contributed by atoms with E-state index in [2.05, 4.69) is 20.4 Å². The molecule has 2 aromatic carbocycles. The molecule has 6 heteroatoms. The van der Waals surface area contributed by atoms with Gasteiger partial charge in [-0.05, 0) is 25.8 Å². The van der Waals surface area contributed by atoms with Crippen molar-refractivity contribution >= 4 is 11.6 Å². The maximum absolute atomic E-state index is 11.9. The van der Waals surface area contributed by atoms with Crippen LogP contribution in [-0.2, 0) is 0 Å². The monoisotopic (exact) mass is 371 g/mol. The van der Waals surface area contributed by atoms with Crippen molar-refractivity contribution < 1.29 is 4.79 Å². The molecule has 0 atom stereocenters. The topological polar surface area (TPSA) is 73.4 Å². The predicted molar refractivity (Wildman–Crippen MR) is 109 cm³/mol. The number of aromatic amines is 1. The molecule has 0 bridgehead atoms. The largest absolute Gasteiger partial charge is 0.335 e. The number of benzene rings is 2. The lowest BCUT2D eigenvalue weighted by molar-refractivity contribution is 0.101. The minimum Gasteiger partial charge on any atom is -0.335 e. The van der Waals surface area contributed by atoms with E-state index in [0.29, 0.717) is 18.3 Å². The summed E-state index contributed by atoms with van der Waals surface area (Å²) in [6, 6.07) is 18.2. The third-order valence-electron chi connectivity index (χ3n) is 5.20. The standard InChI is InChI=1S/C22H21N5O/c1-14(28)16-8-5-9-17(12-16)19-20(22-26-23-13-27(22)18-10-11-18)25-21(24-19)15-6-3-2-4-7-15/h2-9,12,18,23H,10-11,13H2,1H3,(H,24,25). The third kappa shape index (κ3) is 2.97. The predicted octanol–water partition coefficient (Wildman–Crippen LogP) is 3.63. The highest BCUT2D eigenvalue weighted by atomic mass is 16.1. The first kappa shape index (κ1) is 16.7. The van der Waals surface area contributed by atoms with Crippen LogP contribution in [0.5, 0.6) is 0 Å². The summed E-state index contributed by atoms with van der Waals surface area (Å²) in [4.78, 5) is 22.6. The number of amidine groups is 1. The van der Waals surface area contributed by atoms with Crippen LogP contribution < -0.4 is 5.43 Å². The first-order valence-electron chi connectivity index (χ1n) is 9.55. The van der Waals surface area contributed by atoms with Crippen molar-refractivity contribution in [2.45, 2.75) is 25.8 Å². The molecule has 6 nitrogen and oxygen atoms in total. The molecule has 0 saturated heterocycles. The zero-order chi connectivity index (χ0) is 19.1. The van der Waals surface area contributed by atoms with Gasteiger partial charge in [-0.25, -0.2) is 4.98 Å². The van der Waals surface area contributed by atoms with E-state index in [9.17, 15) is 4.79 Å². The molecule has 1 aliphatic heterocycles. The number of nitrogens with zero attached hydrogens (tertiary/aromatic N) is 3. The lowest BCUT2D eigenvalue weighted by Crippen LogP contribution is -2.32. The summed E-state index contributed by atoms with van der Waals surface area (Å²) in [5.74, 6) is 1.73. The summed E-state index contributed by atoms with van der Waals surface area (Å²) < 4.78 is 0. The first-order chi connectivity index (χ1) is 13.7. The van der Waals surface area contributed by atoms with Crippen LogP contribution in [0.1, 0.15) is 35.8 Å². The van der Waals surface area contributed by atoms with Crippen molar-refractivity contribution in [2.75, 3.05) is 6.67 Å². The van der Waals surface area contributed by atoms with E-state index < -0.39 is 0 Å². The summed E-state index contributed by atoms with van der Waals surface area (Å²) in [7, 11) is 0. The average molecular weight is 371 g/mol. The van der Waals surface area contributed by atoms with E-state index >= 15 is 0 Å². The number of rotatable bonds is 5. The molecule has 0 radical (unpaired) electrons. The van der Waals surface area contributed by atoms with Crippen molar-refractivity contribution in [1.29, 1.82) is 0 Å². The number of aromatic nitrogens is 2. The Labute approximate surface area is 163 Å². The number of nitrogens with one attached hydrogen (secondary N) is 2. The molecule has 3 aromatic rings. The summed E-state index contributed by atoms with van der Waals surface area (Å²) >= 11 is 0. The van der Waals surface area contributed by atoms with Crippen LogP contribution >= 0.6 is 0 Å². The lowest BCUT2D eigenvalue weighted by atomic mass is 10.0. The van der Waals surface area contributed by atoms with Gasteiger partial charge in [0.2, 0.25) is 0 Å². The second kappa shape index (κ2) is 6.64. The minimum absolute atomic E-state index is 0.0432. The van der Waals surface area contributed by atoms with Crippen molar-refractivity contribution in [1.82, 2.24) is 20.3 Å². The number of hydrazone groups is 1.